The number of nitrogens with zero attached hydrogens (tertiary/aromatic N) is 3. The van der Waals surface area contributed by atoms with E-state index in [9.17, 15) is 35.4 Å². The van der Waals surface area contributed by atoms with E-state index in [0.29, 0.717) is 43.1 Å². The Kier molecular flexibility index (Phi) is 24.3. The fourth-order valence-electron chi connectivity index (χ4n) is 15.3. The maximum Gasteiger partial charge on any atom is 0.303 e. The van der Waals surface area contributed by atoms with Crippen LogP contribution in [0.25, 0.3) is 33.4 Å². The number of aliphatic hydroxyl groups is 2. The number of carbonyl (C=O) groups is 1. The first kappa shape index (κ1) is 70.7. The van der Waals surface area contributed by atoms with Gasteiger partial charge >= 0.3 is 5.97 Å². The summed E-state index contributed by atoms with van der Waals surface area (Å²) in [6.07, 6.45) is 12.6. The summed E-state index contributed by atoms with van der Waals surface area (Å²) in [6.45, 7) is 11.9. The van der Waals surface area contributed by atoms with Crippen LogP contribution in [0.3, 0.4) is 0 Å². The second-order valence-corrected chi connectivity index (χ2v) is 28.2. The number of carboxylic acid groups (broad SMARTS) is 1. The van der Waals surface area contributed by atoms with Crippen molar-refractivity contribution < 1.29 is 35.4 Å². The summed E-state index contributed by atoms with van der Waals surface area (Å²) in [7, 11) is 0. The van der Waals surface area contributed by atoms with Gasteiger partial charge in [0.15, 0.2) is 0 Å². The Labute approximate surface area is 592 Å². The Hall–Kier alpha value is -9.13. The van der Waals surface area contributed by atoms with Crippen LogP contribution in [0.5, 0.6) is 17.2 Å². The van der Waals surface area contributed by atoms with Crippen molar-refractivity contribution in [3.8, 4) is 17.2 Å². The highest BCUT2D eigenvalue weighted by atomic mass is 16.4. The maximum absolute atomic E-state index is 11.5. The summed E-state index contributed by atoms with van der Waals surface area (Å²) < 4.78 is 0. The first-order valence-electron chi connectivity index (χ1n) is 36.6. The van der Waals surface area contributed by atoms with E-state index >= 15 is 0 Å². The van der Waals surface area contributed by atoms with Crippen molar-refractivity contribution in [3.05, 3.63) is 303 Å². The zero-order chi connectivity index (χ0) is 69.3. The van der Waals surface area contributed by atoms with E-state index in [4.69, 9.17) is 0 Å². The van der Waals surface area contributed by atoms with Gasteiger partial charge in [-0.15, -0.1) is 0 Å². The van der Waals surface area contributed by atoms with Crippen molar-refractivity contribution in [1.29, 1.82) is 0 Å². The van der Waals surface area contributed by atoms with Gasteiger partial charge in [-0.25, -0.2) is 0 Å². The van der Waals surface area contributed by atoms with Gasteiger partial charge in [-0.2, -0.15) is 0 Å². The molecule has 2 aliphatic carbocycles. The molecule has 14 rings (SSSR count). The van der Waals surface area contributed by atoms with Gasteiger partial charge in [0.25, 0.3) is 0 Å². The van der Waals surface area contributed by atoms with Crippen LogP contribution in [0.2, 0.25) is 0 Å². The number of aliphatic hydroxyl groups excluding tert-OH is 2. The zero-order valence-electron chi connectivity index (χ0n) is 58.3. The summed E-state index contributed by atoms with van der Waals surface area (Å²) in [4.78, 5) is 19.3. The summed E-state index contributed by atoms with van der Waals surface area (Å²) in [5, 5.41) is 58.6. The molecule has 100 heavy (non-hydrogen) atoms. The summed E-state index contributed by atoms with van der Waals surface area (Å²) >= 11 is 0. The second kappa shape index (κ2) is 34.3. The van der Waals surface area contributed by atoms with Gasteiger partial charge in [-0.05, 0) is 265 Å². The minimum Gasteiger partial charge on any atom is -0.508 e. The quantitative estimate of drug-likeness (QED) is 0.0323. The lowest BCUT2D eigenvalue weighted by Gasteiger charge is -2.21. The van der Waals surface area contributed by atoms with Crippen LogP contribution in [0, 0.1) is 0 Å². The molecule has 0 aromatic heterocycles. The number of benzene rings is 9. The predicted octanol–water partition coefficient (Wildman–Crippen LogP) is 18.6. The molecule has 9 aromatic rings. The lowest BCUT2D eigenvalue weighted by Crippen LogP contribution is -2.27. The third-order valence-electron chi connectivity index (χ3n) is 21.0. The molecule has 10 heteroatoms. The first-order chi connectivity index (χ1) is 48.9. The first-order valence-corrected chi connectivity index (χ1v) is 36.6. The lowest BCUT2D eigenvalue weighted by molar-refractivity contribution is -0.136. The lowest BCUT2D eigenvalue weighted by atomic mass is 9.86. The van der Waals surface area contributed by atoms with Crippen molar-refractivity contribution in [1.82, 2.24) is 14.7 Å². The zero-order valence-corrected chi connectivity index (χ0v) is 58.3. The maximum atomic E-state index is 11.5. The highest BCUT2D eigenvalue weighted by molar-refractivity contribution is 6.01. The molecule has 0 spiro atoms. The van der Waals surface area contributed by atoms with Gasteiger partial charge in [0.2, 0.25) is 0 Å². The topological polar surface area (TPSA) is 148 Å². The summed E-state index contributed by atoms with van der Waals surface area (Å²) in [6, 6.07) is 82.3. The molecule has 3 saturated heterocycles. The van der Waals surface area contributed by atoms with E-state index in [2.05, 4.69) is 156 Å². The van der Waals surface area contributed by atoms with Crippen LogP contribution in [-0.2, 0) is 4.79 Å². The van der Waals surface area contributed by atoms with Gasteiger partial charge in [0, 0.05) is 57.4 Å². The average Bonchev–Trinajstić information content (AvgIpc) is 1.03. The third-order valence-corrected chi connectivity index (χ3v) is 21.0. The summed E-state index contributed by atoms with van der Waals surface area (Å²) in [5.74, 6) is 1.73. The number of carboxylic acids is 1. The number of likely N-dealkylation sites (tertiary alicyclic amines) is 3. The van der Waals surface area contributed by atoms with E-state index in [0.717, 1.165) is 99.3 Å². The van der Waals surface area contributed by atoms with Gasteiger partial charge in [-0.3, -0.25) is 14.6 Å². The normalized spacial score (nSPS) is 18.7. The van der Waals surface area contributed by atoms with Gasteiger partial charge in [-0.1, -0.05) is 200 Å². The largest absolute Gasteiger partial charge is 0.508 e. The standard InChI is InChI=1S/C30H31NO3.C30H33NO2.C30H35NO2/c32-27-14-10-24(11-15-27)30(28(16-17-29(33)34)22-4-2-1-3-5-22)23-8-6-21(7-9-23)25-18-19-31(20-25)26-12-13-26;32-19-5-10-29(23-6-2-1-3-7-23)30(25-8-4-9-28(33)20-25)24-13-11-22(12-14-24)26-17-18-31(21-26)27-15-16-27;1-22(2)31-19-18-27(21-31)23-10-12-25(13-11-23)30(26-14-16-28(33)17-15-26)29(9-6-20-32)24-7-4-3-5-8-24/h1-11,14-15,25-26,32H,12-13,16-20H2,(H,33,34);1-4,6-9,11-14,20,26-27,32-33H,5,10,15-19,21H2;3-5,7-8,10-17,22,27,32-33H,6,9,18-21H2,1-2H3/b30-28+;2*30-29+. The highest BCUT2D eigenvalue weighted by Gasteiger charge is 2.36. The average molecular weight is 1330 g/mol. The molecule has 3 aliphatic heterocycles. The van der Waals surface area contributed by atoms with E-state index in [1.54, 1.807) is 30.3 Å². The van der Waals surface area contributed by atoms with E-state index < -0.39 is 5.97 Å². The van der Waals surface area contributed by atoms with Crippen LogP contribution in [0.1, 0.15) is 182 Å². The van der Waals surface area contributed by atoms with E-state index in [1.807, 2.05) is 78.9 Å². The number of hydrogen-bond donors (Lipinski definition) is 6. The molecule has 10 nitrogen and oxygen atoms in total. The second-order valence-electron chi connectivity index (χ2n) is 28.2. The van der Waals surface area contributed by atoms with E-state index in [-0.39, 0.29) is 36.9 Å². The van der Waals surface area contributed by atoms with Crippen molar-refractivity contribution >= 4 is 39.4 Å². The molecule has 9 aromatic carbocycles. The van der Waals surface area contributed by atoms with E-state index in [1.165, 1.54) is 110 Å². The van der Waals surface area contributed by atoms with Crippen molar-refractivity contribution in [2.24, 2.45) is 0 Å². The molecule has 3 atom stereocenters. The predicted molar refractivity (Wildman–Crippen MR) is 408 cm³/mol. The Morgan fingerprint density at radius 2 is 0.700 bits per heavy atom. The Balaban J connectivity index is 0.000000142. The Bertz CT molecular complexity index is 4180. The fraction of sp³-hybridized carbons (Fsp3) is 0.322. The number of phenolic OH excluding ortho intramolecular Hbond substituents is 3. The Morgan fingerprint density at radius 1 is 0.360 bits per heavy atom. The molecule has 3 unspecified atom stereocenters. The number of hydrogen-bond acceptors (Lipinski definition) is 9. The molecule has 3 heterocycles. The highest BCUT2D eigenvalue weighted by Crippen LogP contribution is 2.43. The number of phenols is 3. The molecule has 6 N–H and O–H groups in total. The minimum atomic E-state index is -0.810. The van der Waals surface area contributed by atoms with Crippen molar-refractivity contribution in [2.75, 3.05) is 52.5 Å². The van der Waals surface area contributed by atoms with Gasteiger partial charge < -0.3 is 35.5 Å². The van der Waals surface area contributed by atoms with Crippen LogP contribution >= 0.6 is 0 Å². The SMILES string of the molecule is CC(C)N1CCC(c2ccc(/C(=C(/CCCO)c3ccccc3)c3ccc(O)cc3)cc2)C1.O=C(O)CC/C(=C(\c1ccc(O)cc1)c1ccc(C2CCN(C3CC3)C2)cc1)c1ccccc1.OCCC/C(=C(/c1ccc(C2CCN(C3CC3)C2)cc1)c1cccc(O)c1)c1ccccc1. The molecule has 2 saturated carbocycles. The molecule has 5 aliphatic rings. The van der Waals surface area contributed by atoms with Crippen LogP contribution in [0.15, 0.2) is 237 Å². The fourth-order valence-corrected chi connectivity index (χ4v) is 15.3. The van der Waals surface area contributed by atoms with Crippen LogP contribution < -0.4 is 0 Å². The van der Waals surface area contributed by atoms with Crippen molar-refractivity contribution in [2.45, 2.75) is 133 Å². The molecule has 0 bridgehead atoms. The number of aliphatic carboxylic acids is 1. The molecule has 0 amide bonds. The molecule has 5 fully saturated rings. The Morgan fingerprint density at radius 3 is 1.04 bits per heavy atom. The summed E-state index contributed by atoms with van der Waals surface area (Å²) in [5.41, 5.74) is 20.7. The van der Waals surface area contributed by atoms with Crippen molar-refractivity contribution in [3.63, 3.8) is 0 Å². The molecule has 516 valence electrons. The number of aromatic hydroxyl groups is 3. The third kappa shape index (κ3) is 18.4. The minimum absolute atomic E-state index is 0.0585. The van der Waals surface area contributed by atoms with Gasteiger partial charge in [0.1, 0.15) is 17.2 Å². The monoisotopic (exact) mass is 1330 g/mol. The molecular weight excluding hydrogens is 1240 g/mol. The van der Waals surface area contributed by atoms with Crippen LogP contribution in [-0.4, -0.2) is 122 Å². The number of allylic oxidation sites excluding steroid dienone is 3. The molecular formula is C90H99N3O7. The van der Waals surface area contributed by atoms with Gasteiger partial charge in [0.05, 0.1) is 0 Å². The number of rotatable bonds is 24. The smallest absolute Gasteiger partial charge is 0.303 e. The van der Waals surface area contributed by atoms with Crippen LogP contribution in [0.4, 0.5) is 0 Å². The molecule has 0 radical (unpaired) electrons.